The summed E-state index contributed by atoms with van der Waals surface area (Å²) in [5.74, 6) is 0.0819. The molecule has 0 radical (unpaired) electrons. The number of hydrogen-bond acceptors (Lipinski definition) is 3. The van der Waals surface area contributed by atoms with E-state index in [0.717, 1.165) is 24.1 Å². The van der Waals surface area contributed by atoms with Gasteiger partial charge in [-0.25, -0.2) is 0 Å². The molecule has 1 rings (SSSR count). The second-order valence-corrected chi connectivity index (χ2v) is 4.79. The molecule has 0 aliphatic carbocycles. The van der Waals surface area contributed by atoms with Crippen LogP contribution in [0.25, 0.3) is 0 Å². The van der Waals surface area contributed by atoms with Gasteiger partial charge in [0, 0.05) is 38.0 Å². The smallest absolute Gasteiger partial charge is 0.254 e. The van der Waals surface area contributed by atoms with E-state index in [1.165, 1.54) is 0 Å². The zero-order valence-electron chi connectivity index (χ0n) is 13.0. The van der Waals surface area contributed by atoms with Crippen LogP contribution in [0, 0.1) is 0 Å². The molecule has 0 unspecified atom stereocenters. The van der Waals surface area contributed by atoms with Gasteiger partial charge in [-0.05, 0) is 37.1 Å². The Kier molecular flexibility index (Phi) is 7.09. The summed E-state index contributed by atoms with van der Waals surface area (Å²) in [4.78, 5) is 14.6. The van der Waals surface area contributed by atoms with E-state index in [0.29, 0.717) is 13.2 Å². The number of nitrogens with one attached hydrogen (secondary N) is 1. The van der Waals surface area contributed by atoms with Crippen molar-refractivity contribution in [3.63, 3.8) is 0 Å². The van der Waals surface area contributed by atoms with Crippen molar-refractivity contribution in [1.29, 1.82) is 0 Å². The van der Waals surface area contributed by atoms with Crippen LogP contribution >= 0.6 is 0 Å². The fourth-order valence-electron chi connectivity index (χ4n) is 2.31. The van der Waals surface area contributed by atoms with Gasteiger partial charge in [0.2, 0.25) is 0 Å². The standard InChI is InChI=1S/C16H26N2O2/c1-5-15(6-2)18(11-12-20-4)16(19)13-7-9-14(17-3)10-8-13/h7-10,15,17H,5-6,11-12H2,1-4H3. The van der Waals surface area contributed by atoms with Gasteiger partial charge >= 0.3 is 0 Å². The van der Waals surface area contributed by atoms with E-state index in [2.05, 4.69) is 19.2 Å². The van der Waals surface area contributed by atoms with Crippen LogP contribution in [0.5, 0.6) is 0 Å². The highest BCUT2D eigenvalue weighted by molar-refractivity contribution is 5.94. The van der Waals surface area contributed by atoms with Gasteiger partial charge in [0.25, 0.3) is 5.91 Å². The van der Waals surface area contributed by atoms with Crippen LogP contribution in [0.3, 0.4) is 0 Å². The topological polar surface area (TPSA) is 41.6 Å². The minimum Gasteiger partial charge on any atom is -0.388 e. The van der Waals surface area contributed by atoms with E-state index >= 15 is 0 Å². The van der Waals surface area contributed by atoms with Crippen LogP contribution in [-0.2, 0) is 4.74 Å². The van der Waals surface area contributed by atoms with Crippen molar-refractivity contribution in [3.05, 3.63) is 29.8 Å². The van der Waals surface area contributed by atoms with Gasteiger partial charge in [0.15, 0.2) is 0 Å². The number of methoxy groups -OCH3 is 1. The maximum atomic E-state index is 12.7. The summed E-state index contributed by atoms with van der Waals surface area (Å²) >= 11 is 0. The van der Waals surface area contributed by atoms with Crippen molar-refractivity contribution in [2.75, 3.05) is 32.6 Å². The number of benzene rings is 1. The highest BCUT2D eigenvalue weighted by Crippen LogP contribution is 2.15. The first-order valence-electron chi connectivity index (χ1n) is 7.25. The molecule has 1 N–H and O–H groups in total. The molecule has 0 aromatic heterocycles. The monoisotopic (exact) mass is 278 g/mol. The molecule has 1 amide bonds. The van der Waals surface area contributed by atoms with Gasteiger partial charge in [0.1, 0.15) is 0 Å². The van der Waals surface area contributed by atoms with Crippen molar-refractivity contribution in [2.24, 2.45) is 0 Å². The molecule has 0 bridgehead atoms. The van der Waals surface area contributed by atoms with Crippen LogP contribution in [0.15, 0.2) is 24.3 Å². The van der Waals surface area contributed by atoms with Crippen molar-refractivity contribution in [2.45, 2.75) is 32.7 Å². The number of carbonyl (C=O) groups excluding carboxylic acids is 1. The summed E-state index contributed by atoms with van der Waals surface area (Å²) in [6, 6.07) is 7.86. The van der Waals surface area contributed by atoms with Crippen LogP contribution in [-0.4, -0.2) is 44.2 Å². The van der Waals surface area contributed by atoms with Gasteiger partial charge in [-0.1, -0.05) is 13.8 Å². The molecule has 0 saturated carbocycles. The first kappa shape index (κ1) is 16.5. The third-order valence-corrected chi connectivity index (χ3v) is 3.60. The molecule has 0 aliphatic heterocycles. The molecule has 0 spiro atoms. The normalized spacial score (nSPS) is 10.7. The Hall–Kier alpha value is -1.55. The van der Waals surface area contributed by atoms with E-state index in [9.17, 15) is 4.79 Å². The Balaban J connectivity index is 2.89. The molecule has 1 aromatic rings. The lowest BCUT2D eigenvalue weighted by molar-refractivity contribution is 0.0589. The number of ether oxygens (including phenoxy) is 1. The predicted octanol–water partition coefficient (Wildman–Crippen LogP) is 3.01. The lowest BCUT2D eigenvalue weighted by Crippen LogP contribution is -2.41. The summed E-state index contributed by atoms with van der Waals surface area (Å²) in [6.45, 7) is 5.43. The zero-order valence-corrected chi connectivity index (χ0v) is 13.0. The molecule has 0 aliphatic rings. The summed E-state index contributed by atoms with van der Waals surface area (Å²) < 4.78 is 5.13. The Morgan fingerprint density at radius 2 is 1.85 bits per heavy atom. The molecule has 0 saturated heterocycles. The fourth-order valence-corrected chi connectivity index (χ4v) is 2.31. The maximum Gasteiger partial charge on any atom is 0.254 e. The minimum atomic E-state index is 0.0819. The zero-order chi connectivity index (χ0) is 15.0. The molecule has 1 aromatic carbocycles. The second kappa shape index (κ2) is 8.59. The Labute approximate surface area is 122 Å². The molecule has 20 heavy (non-hydrogen) atoms. The quantitative estimate of drug-likeness (QED) is 0.795. The highest BCUT2D eigenvalue weighted by Gasteiger charge is 2.21. The summed E-state index contributed by atoms with van der Waals surface area (Å²) in [5.41, 5.74) is 1.74. The van der Waals surface area contributed by atoms with Gasteiger partial charge < -0.3 is 15.0 Å². The molecule has 4 heteroatoms. The summed E-state index contributed by atoms with van der Waals surface area (Å²) in [5, 5.41) is 3.06. The molecule has 112 valence electrons. The lowest BCUT2D eigenvalue weighted by atomic mass is 10.1. The molecule has 0 heterocycles. The van der Waals surface area contributed by atoms with Gasteiger partial charge in [-0.15, -0.1) is 0 Å². The third-order valence-electron chi connectivity index (χ3n) is 3.60. The van der Waals surface area contributed by atoms with Gasteiger partial charge in [-0.2, -0.15) is 0 Å². The largest absolute Gasteiger partial charge is 0.388 e. The number of carbonyl (C=O) groups is 1. The first-order chi connectivity index (χ1) is 9.67. The average Bonchev–Trinajstić information content (AvgIpc) is 2.51. The number of anilines is 1. The van der Waals surface area contributed by atoms with E-state index < -0.39 is 0 Å². The summed E-state index contributed by atoms with van der Waals surface area (Å²) in [6.07, 6.45) is 1.92. The molecule has 0 fully saturated rings. The second-order valence-electron chi connectivity index (χ2n) is 4.79. The number of nitrogens with zero attached hydrogens (tertiary/aromatic N) is 1. The third kappa shape index (κ3) is 4.23. The molecule has 0 atom stereocenters. The SMILES string of the molecule is CCC(CC)N(CCOC)C(=O)c1ccc(NC)cc1. The fraction of sp³-hybridized carbons (Fsp3) is 0.562. The van der Waals surface area contributed by atoms with Crippen LogP contribution in [0.1, 0.15) is 37.0 Å². The number of hydrogen-bond donors (Lipinski definition) is 1. The van der Waals surface area contributed by atoms with Crippen LogP contribution < -0.4 is 5.32 Å². The van der Waals surface area contributed by atoms with Gasteiger partial charge in [-0.3, -0.25) is 4.79 Å². The van der Waals surface area contributed by atoms with E-state index in [1.807, 2.05) is 36.2 Å². The number of rotatable bonds is 8. The van der Waals surface area contributed by atoms with Crippen molar-refractivity contribution >= 4 is 11.6 Å². The Bertz CT molecular complexity index is 399. The molecule has 4 nitrogen and oxygen atoms in total. The van der Waals surface area contributed by atoms with E-state index in [4.69, 9.17) is 4.74 Å². The van der Waals surface area contributed by atoms with Gasteiger partial charge in [0.05, 0.1) is 6.61 Å². The minimum absolute atomic E-state index is 0.0819. The Morgan fingerprint density at radius 3 is 2.30 bits per heavy atom. The predicted molar refractivity (Wildman–Crippen MR) is 83.3 cm³/mol. The molecular weight excluding hydrogens is 252 g/mol. The van der Waals surface area contributed by atoms with Crippen LogP contribution in [0.2, 0.25) is 0 Å². The van der Waals surface area contributed by atoms with Crippen molar-refractivity contribution in [3.8, 4) is 0 Å². The first-order valence-corrected chi connectivity index (χ1v) is 7.25. The Morgan fingerprint density at radius 1 is 1.25 bits per heavy atom. The van der Waals surface area contributed by atoms with E-state index in [-0.39, 0.29) is 11.9 Å². The maximum absolute atomic E-state index is 12.7. The summed E-state index contributed by atoms with van der Waals surface area (Å²) in [7, 11) is 3.53. The van der Waals surface area contributed by atoms with Crippen molar-refractivity contribution < 1.29 is 9.53 Å². The van der Waals surface area contributed by atoms with Crippen LogP contribution in [0.4, 0.5) is 5.69 Å². The van der Waals surface area contributed by atoms with Crippen molar-refractivity contribution in [1.82, 2.24) is 4.90 Å². The average molecular weight is 278 g/mol. The highest BCUT2D eigenvalue weighted by atomic mass is 16.5. The number of amides is 1. The van der Waals surface area contributed by atoms with E-state index in [1.54, 1.807) is 7.11 Å². The lowest BCUT2D eigenvalue weighted by Gasteiger charge is -2.30. The molecular formula is C16H26N2O2.